The molecule has 0 unspecified atom stereocenters. The lowest BCUT2D eigenvalue weighted by atomic mass is 10.3. The van der Waals surface area contributed by atoms with Crippen molar-refractivity contribution >= 4 is 5.91 Å². The van der Waals surface area contributed by atoms with Gasteiger partial charge in [-0.05, 0) is 25.0 Å². The molecule has 0 aromatic carbocycles. The average Bonchev–Trinajstić information content (AvgIpc) is 3.14. The van der Waals surface area contributed by atoms with E-state index in [1.807, 2.05) is 0 Å². The summed E-state index contributed by atoms with van der Waals surface area (Å²) < 4.78 is 5.37. The Hall–Kier alpha value is -1.62. The molecular formula is C12H16N2O3. The van der Waals surface area contributed by atoms with Gasteiger partial charge in [0.25, 0.3) is 0 Å². The lowest BCUT2D eigenvalue weighted by Gasteiger charge is -2.06. The van der Waals surface area contributed by atoms with Crippen molar-refractivity contribution in [1.82, 2.24) is 10.3 Å². The lowest BCUT2D eigenvalue weighted by Crippen LogP contribution is -2.26. The number of hydrogen-bond donors (Lipinski definition) is 2. The number of hydrogen-bond acceptors (Lipinski definition) is 4. The summed E-state index contributed by atoms with van der Waals surface area (Å²) in [5.74, 6) is 0.647. The molecular weight excluding hydrogens is 220 g/mol. The molecule has 1 aromatic rings. The van der Waals surface area contributed by atoms with Crippen LogP contribution in [0.4, 0.5) is 0 Å². The van der Waals surface area contributed by atoms with Crippen molar-refractivity contribution in [3.63, 3.8) is 0 Å². The van der Waals surface area contributed by atoms with Crippen molar-refractivity contribution in [3.8, 4) is 5.75 Å². The summed E-state index contributed by atoms with van der Waals surface area (Å²) >= 11 is 0. The van der Waals surface area contributed by atoms with E-state index in [9.17, 15) is 4.79 Å². The molecule has 0 aliphatic heterocycles. The van der Waals surface area contributed by atoms with E-state index < -0.39 is 0 Å². The van der Waals surface area contributed by atoms with Crippen LogP contribution in [0.1, 0.15) is 25.0 Å². The summed E-state index contributed by atoms with van der Waals surface area (Å²) in [4.78, 5) is 15.3. The van der Waals surface area contributed by atoms with E-state index in [1.54, 1.807) is 18.3 Å². The van der Waals surface area contributed by atoms with Crippen molar-refractivity contribution in [2.45, 2.75) is 31.9 Å². The number of carbonyl (C=O) groups excluding carboxylic acids is 1. The van der Waals surface area contributed by atoms with Crippen LogP contribution in [0.5, 0.6) is 5.75 Å². The molecule has 5 heteroatoms. The molecule has 17 heavy (non-hydrogen) atoms. The molecule has 1 heterocycles. The zero-order valence-corrected chi connectivity index (χ0v) is 9.56. The molecule has 92 valence electrons. The molecule has 0 spiro atoms. The number of aromatic nitrogens is 1. The zero-order valence-electron chi connectivity index (χ0n) is 9.56. The average molecular weight is 236 g/mol. The largest absolute Gasteiger partial charge is 0.491 e. The van der Waals surface area contributed by atoms with Gasteiger partial charge < -0.3 is 15.2 Å². The van der Waals surface area contributed by atoms with Gasteiger partial charge in [0.15, 0.2) is 0 Å². The van der Waals surface area contributed by atoms with Gasteiger partial charge >= 0.3 is 0 Å². The van der Waals surface area contributed by atoms with E-state index in [1.165, 1.54) is 0 Å². The van der Waals surface area contributed by atoms with Crippen molar-refractivity contribution in [2.24, 2.45) is 0 Å². The first kappa shape index (κ1) is 11.9. The van der Waals surface area contributed by atoms with Crippen LogP contribution >= 0.6 is 0 Å². The molecule has 1 amide bonds. The maximum Gasteiger partial charge on any atom is 0.223 e. The Kier molecular flexibility index (Phi) is 3.93. The highest BCUT2D eigenvalue weighted by molar-refractivity contribution is 5.76. The Bertz CT molecular complexity index is 374. The number of pyridine rings is 1. The molecule has 5 nitrogen and oxygen atoms in total. The van der Waals surface area contributed by atoms with Gasteiger partial charge in [0.1, 0.15) is 5.75 Å². The summed E-state index contributed by atoms with van der Waals surface area (Å²) in [5.41, 5.74) is 0.601. The molecule has 2 N–H and O–H groups in total. The molecule has 1 fully saturated rings. The van der Waals surface area contributed by atoms with E-state index in [0.29, 0.717) is 30.5 Å². The van der Waals surface area contributed by atoms with Crippen molar-refractivity contribution in [2.75, 3.05) is 6.61 Å². The van der Waals surface area contributed by atoms with Crippen molar-refractivity contribution < 1.29 is 14.6 Å². The van der Waals surface area contributed by atoms with Gasteiger partial charge in [-0.25, -0.2) is 0 Å². The third kappa shape index (κ3) is 4.03. The molecule has 1 aliphatic rings. The summed E-state index contributed by atoms with van der Waals surface area (Å²) in [6.07, 6.45) is 4.10. The highest BCUT2D eigenvalue weighted by Gasteiger charge is 2.22. The van der Waals surface area contributed by atoms with Gasteiger partial charge in [-0.3, -0.25) is 9.78 Å². The number of aliphatic hydroxyl groups excluding tert-OH is 1. The molecule has 0 bridgehead atoms. The zero-order chi connectivity index (χ0) is 12.1. The van der Waals surface area contributed by atoms with E-state index >= 15 is 0 Å². The lowest BCUT2D eigenvalue weighted by molar-refractivity contribution is -0.121. The summed E-state index contributed by atoms with van der Waals surface area (Å²) in [5, 5.41) is 11.7. The number of aliphatic hydroxyl groups is 1. The first-order valence-corrected chi connectivity index (χ1v) is 5.76. The molecule has 1 saturated carbocycles. The normalized spacial score (nSPS) is 14.4. The quantitative estimate of drug-likeness (QED) is 0.759. The number of nitrogens with zero attached hydrogens (tertiary/aromatic N) is 1. The molecule has 2 rings (SSSR count). The maximum atomic E-state index is 11.3. The molecule has 0 atom stereocenters. The van der Waals surface area contributed by atoms with Crippen molar-refractivity contribution in [1.29, 1.82) is 0 Å². The second kappa shape index (κ2) is 5.63. The fourth-order valence-corrected chi connectivity index (χ4v) is 1.38. The molecule has 1 aromatic heterocycles. The van der Waals surface area contributed by atoms with E-state index in [4.69, 9.17) is 9.84 Å². The second-order valence-electron chi connectivity index (χ2n) is 4.08. The predicted octanol–water partition coefficient (Wildman–Crippen LogP) is 0.621. The van der Waals surface area contributed by atoms with Crippen LogP contribution in [0.25, 0.3) is 0 Å². The second-order valence-corrected chi connectivity index (χ2v) is 4.08. The standard InChI is InChI=1S/C12H16N2O3/c15-8-10-3-4-11(7-13-10)17-6-5-12(16)14-9-1-2-9/h3-4,7,9,15H,1-2,5-6,8H2,(H,14,16). The van der Waals surface area contributed by atoms with Gasteiger partial charge in [0, 0.05) is 6.04 Å². The summed E-state index contributed by atoms with van der Waals surface area (Å²) in [6.45, 7) is 0.267. The van der Waals surface area contributed by atoms with Gasteiger partial charge in [-0.15, -0.1) is 0 Å². The smallest absolute Gasteiger partial charge is 0.223 e. The van der Waals surface area contributed by atoms with Crippen LogP contribution < -0.4 is 10.1 Å². The molecule has 1 aliphatic carbocycles. The number of amides is 1. The van der Waals surface area contributed by atoms with E-state index in [-0.39, 0.29) is 12.5 Å². The monoisotopic (exact) mass is 236 g/mol. The van der Waals surface area contributed by atoms with Gasteiger partial charge in [-0.2, -0.15) is 0 Å². The van der Waals surface area contributed by atoms with Crippen LogP contribution in [-0.2, 0) is 11.4 Å². The Morgan fingerprint density at radius 3 is 2.94 bits per heavy atom. The minimum Gasteiger partial charge on any atom is -0.491 e. The Labute approximate surface area is 99.8 Å². The van der Waals surface area contributed by atoms with Crippen LogP contribution in [0, 0.1) is 0 Å². The summed E-state index contributed by atoms with van der Waals surface area (Å²) in [7, 11) is 0. The minimum atomic E-state index is -0.0793. The van der Waals surface area contributed by atoms with Crippen LogP contribution in [0.15, 0.2) is 18.3 Å². The topological polar surface area (TPSA) is 71.5 Å². The Morgan fingerprint density at radius 2 is 2.35 bits per heavy atom. The Morgan fingerprint density at radius 1 is 1.53 bits per heavy atom. The van der Waals surface area contributed by atoms with Gasteiger partial charge in [0.2, 0.25) is 5.91 Å². The van der Waals surface area contributed by atoms with E-state index in [2.05, 4.69) is 10.3 Å². The number of nitrogens with one attached hydrogen (secondary N) is 1. The number of carbonyl (C=O) groups is 1. The fourth-order valence-electron chi connectivity index (χ4n) is 1.38. The predicted molar refractivity (Wildman–Crippen MR) is 61.4 cm³/mol. The third-order valence-corrected chi connectivity index (χ3v) is 2.50. The fraction of sp³-hybridized carbons (Fsp3) is 0.500. The van der Waals surface area contributed by atoms with Crippen LogP contribution in [0.3, 0.4) is 0 Å². The maximum absolute atomic E-state index is 11.3. The molecule has 0 radical (unpaired) electrons. The van der Waals surface area contributed by atoms with Gasteiger partial charge in [0.05, 0.1) is 31.5 Å². The van der Waals surface area contributed by atoms with E-state index in [0.717, 1.165) is 12.8 Å². The first-order valence-electron chi connectivity index (χ1n) is 5.76. The summed E-state index contributed by atoms with van der Waals surface area (Å²) in [6, 6.07) is 3.82. The van der Waals surface area contributed by atoms with Crippen molar-refractivity contribution in [3.05, 3.63) is 24.0 Å². The Balaban J connectivity index is 1.67. The highest BCUT2D eigenvalue weighted by Crippen LogP contribution is 2.18. The first-order chi connectivity index (χ1) is 8.28. The van der Waals surface area contributed by atoms with Crippen LogP contribution in [-0.4, -0.2) is 28.6 Å². The third-order valence-electron chi connectivity index (χ3n) is 2.50. The number of ether oxygens (including phenoxy) is 1. The highest BCUT2D eigenvalue weighted by atomic mass is 16.5. The van der Waals surface area contributed by atoms with Gasteiger partial charge in [-0.1, -0.05) is 0 Å². The SMILES string of the molecule is O=C(CCOc1ccc(CO)nc1)NC1CC1. The molecule has 0 saturated heterocycles. The van der Waals surface area contributed by atoms with Crippen LogP contribution in [0.2, 0.25) is 0 Å². The number of rotatable bonds is 6. The minimum absolute atomic E-state index is 0.0347.